The van der Waals surface area contributed by atoms with Crippen molar-refractivity contribution in [3.05, 3.63) is 77.3 Å². The maximum absolute atomic E-state index is 13.8. The number of allylic oxidation sites excluding steroid dienone is 2. The van der Waals surface area contributed by atoms with Gasteiger partial charge >= 0.3 is 6.18 Å². The number of halogens is 3. The Bertz CT molecular complexity index is 1150. The lowest BCUT2D eigenvalue weighted by molar-refractivity contribution is -0.137. The molecule has 0 spiro atoms. The van der Waals surface area contributed by atoms with E-state index in [9.17, 15) is 13.2 Å². The molecule has 9 heteroatoms. The van der Waals surface area contributed by atoms with Gasteiger partial charge in [0.2, 0.25) is 0 Å². The Morgan fingerprint density at radius 2 is 1.91 bits per heavy atom. The van der Waals surface area contributed by atoms with Crippen LogP contribution in [0.15, 0.2) is 66.0 Å². The van der Waals surface area contributed by atoms with Crippen LogP contribution in [-0.4, -0.2) is 40.7 Å². The van der Waals surface area contributed by atoms with Crippen LogP contribution in [0.4, 0.5) is 19.0 Å². The Morgan fingerprint density at radius 3 is 2.68 bits per heavy atom. The van der Waals surface area contributed by atoms with Crippen LogP contribution in [-0.2, 0) is 6.18 Å². The molecule has 0 bridgehead atoms. The first-order valence-electron chi connectivity index (χ1n) is 11.6. The van der Waals surface area contributed by atoms with Crippen LogP contribution in [0.25, 0.3) is 11.4 Å². The summed E-state index contributed by atoms with van der Waals surface area (Å²) in [5, 5.41) is 8.73. The second-order valence-corrected chi connectivity index (χ2v) is 8.59. The molecule has 0 amide bonds. The molecule has 1 aliphatic carbocycles. The Hall–Kier alpha value is -3.17. The molecule has 0 saturated carbocycles. The molecular weight excluding hydrogens is 441 g/mol. The lowest BCUT2D eigenvalue weighted by atomic mass is 9.94. The zero-order chi connectivity index (χ0) is 23.7. The van der Waals surface area contributed by atoms with Gasteiger partial charge in [0.25, 0.3) is 0 Å². The highest BCUT2D eigenvalue weighted by Crippen LogP contribution is 2.37. The largest absolute Gasteiger partial charge is 0.417 e. The number of aromatic nitrogens is 2. The molecule has 178 valence electrons. The third kappa shape index (κ3) is 4.45. The van der Waals surface area contributed by atoms with Gasteiger partial charge in [-0.25, -0.2) is 15.4 Å². The van der Waals surface area contributed by atoms with Gasteiger partial charge in [-0.05, 0) is 38.9 Å². The van der Waals surface area contributed by atoms with Crippen molar-refractivity contribution in [1.29, 1.82) is 0 Å². The summed E-state index contributed by atoms with van der Waals surface area (Å²) in [6, 6.07) is 7.43. The first-order chi connectivity index (χ1) is 16.4. The van der Waals surface area contributed by atoms with Crippen molar-refractivity contribution in [1.82, 2.24) is 25.7 Å². The number of alkyl halides is 3. The molecule has 1 saturated heterocycles. The van der Waals surface area contributed by atoms with Crippen LogP contribution in [0.2, 0.25) is 0 Å². The van der Waals surface area contributed by atoms with E-state index in [-0.39, 0.29) is 23.3 Å². The Balaban J connectivity index is 1.60. The zero-order valence-corrected chi connectivity index (χ0v) is 18.9. The van der Waals surface area contributed by atoms with E-state index in [0.29, 0.717) is 12.4 Å². The molecule has 3 heterocycles. The molecule has 3 aliphatic rings. The Labute approximate surface area is 196 Å². The number of fused-ring (bicyclic) bond motifs is 1. The van der Waals surface area contributed by atoms with E-state index in [0.717, 1.165) is 49.1 Å². The number of piperidine rings is 1. The monoisotopic (exact) mass is 468 g/mol. The van der Waals surface area contributed by atoms with E-state index < -0.39 is 11.7 Å². The highest BCUT2D eigenvalue weighted by atomic mass is 19.4. The van der Waals surface area contributed by atoms with Crippen LogP contribution in [0.1, 0.15) is 36.9 Å². The molecule has 1 atom stereocenters. The van der Waals surface area contributed by atoms with E-state index in [2.05, 4.69) is 32.1 Å². The molecule has 5 rings (SSSR count). The normalized spacial score (nSPS) is 20.7. The number of nitrogens with one attached hydrogen (secondary N) is 3. The zero-order valence-electron chi connectivity index (χ0n) is 18.9. The minimum Gasteiger partial charge on any atom is -0.325 e. The maximum atomic E-state index is 13.8. The predicted molar refractivity (Wildman–Crippen MR) is 126 cm³/mol. The fourth-order valence-electron chi connectivity index (χ4n) is 4.68. The van der Waals surface area contributed by atoms with Crippen molar-refractivity contribution < 1.29 is 13.2 Å². The number of benzene rings is 1. The van der Waals surface area contributed by atoms with Crippen molar-refractivity contribution in [2.45, 2.75) is 37.9 Å². The van der Waals surface area contributed by atoms with Gasteiger partial charge in [0.05, 0.1) is 11.6 Å². The van der Waals surface area contributed by atoms with E-state index in [1.54, 1.807) is 6.07 Å². The quantitative estimate of drug-likeness (QED) is 0.597. The van der Waals surface area contributed by atoms with Crippen molar-refractivity contribution >= 4 is 5.82 Å². The maximum Gasteiger partial charge on any atom is 0.417 e. The van der Waals surface area contributed by atoms with Crippen LogP contribution in [0, 0.1) is 0 Å². The van der Waals surface area contributed by atoms with Crippen molar-refractivity contribution in [2.75, 3.05) is 25.0 Å². The molecule has 34 heavy (non-hydrogen) atoms. The number of hydrazine groups is 1. The lowest BCUT2D eigenvalue weighted by Crippen LogP contribution is -2.38. The molecule has 6 nitrogen and oxygen atoms in total. The highest BCUT2D eigenvalue weighted by Gasteiger charge is 2.35. The summed E-state index contributed by atoms with van der Waals surface area (Å²) in [7, 11) is 0. The van der Waals surface area contributed by atoms with E-state index in [1.165, 1.54) is 12.1 Å². The van der Waals surface area contributed by atoms with Crippen molar-refractivity contribution in [2.24, 2.45) is 0 Å². The average Bonchev–Trinajstić information content (AvgIpc) is 3.21. The van der Waals surface area contributed by atoms with Gasteiger partial charge < -0.3 is 10.6 Å². The second-order valence-electron chi connectivity index (χ2n) is 8.59. The number of hydrogen-bond acceptors (Lipinski definition) is 6. The van der Waals surface area contributed by atoms with Gasteiger partial charge in [-0.2, -0.15) is 13.2 Å². The van der Waals surface area contributed by atoms with Crippen molar-refractivity contribution in [3.63, 3.8) is 0 Å². The fraction of sp³-hybridized carbons (Fsp3) is 0.360. The minimum absolute atomic E-state index is 0.0123. The molecular formula is C25H27F3N6. The number of rotatable bonds is 5. The van der Waals surface area contributed by atoms with Gasteiger partial charge in [-0.3, -0.25) is 5.01 Å². The number of nitrogens with zero attached hydrogens (tertiary/aromatic N) is 3. The molecule has 1 aromatic carbocycles. The fourth-order valence-corrected chi connectivity index (χ4v) is 4.68. The summed E-state index contributed by atoms with van der Waals surface area (Å²) in [6.07, 6.45) is 5.32. The summed E-state index contributed by atoms with van der Waals surface area (Å²) in [5.74, 6) is 1.58. The van der Waals surface area contributed by atoms with E-state index in [1.807, 2.05) is 36.2 Å². The summed E-state index contributed by atoms with van der Waals surface area (Å²) in [5.41, 5.74) is 4.50. The number of hydrogen-bond donors (Lipinski definition) is 3. The van der Waals surface area contributed by atoms with Gasteiger partial charge in [-0.1, -0.05) is 42.5 Å². The van der Waals surface area contributed by atoms with Crippen LogP contribution in [0.3, 0.4) is 0 Å². The smallest absolute Gasteiger partial charge is 0.325 e. The average molecular weight is 469 g/mol. The SMILES string of the molecule is CCN1NC2C=CC=CC2=C1Nc1cc(C2CCNCC2)nc(-c2ccccc2C(F)(F)F)n1. The lowest BCUT2D eigenvalue weighted by Gasteiger charge is -2.25. The predicted octanol–water partition coefficient (Wildman–Crippen LogP) is 4.59. The Kier molecular flexibility index (Phi) is 6.14. The van der Waals surface area contributed by atoms with Gasteiger partial charge in [0.1, 0.15) is 11.6 Å². The van der Waals surface area contributed by atoms with Crippen molar-refractivity contribution in [3.8, 4) is 11.4 Å². The molecule has 1 fully saturated rings. The van der Waals surface area contributed by atoms with Crippen LogP contribution in [0.5, 0.6) is 0 Å². The summed E-state index contributed by atoms with van der Waals surface area (Å²) >= 11 is 0. The first kappa shape index (κ1) is 22.6. The summed E-state index contributed by atoms with van der Waals surface area (Å²) in [6.45, 7) is 4.45. The van der Waals surface area contributed by atoms with E-state index >= 15 is 0 Å². The molecule has 1 unspecified atom stereocenters. The second kappa shape index (κ2) is 9.23. The van der Waals surface area contributed by atoms with Gasteiger partial charge in [0, 0.05) is 35.4 Å². The standard InChI is InChI=1S/C25H27F3N6/c1-2-34-24(18-8-4-6-10-20(18)33-34)32-22-15-21(16-11-13-29-14-12-16)30-23(31-22)17-7-3-5-9-19(17)25(26,27)28/h3-10,15-16,20,29,33H,2,11-14H2,1H3,(H,30,31,32). The summed E-state index contributed by atoms with van der Waals surface area (Å²) in [4.78, 5) is 9.22. The van der Waals surface area contributed by atoms with Crippen LogP contribution < -0.4 is 16.1 Å². The third-order valence-corrected chi connectivity index (χ3v) is 6.40. The molecule has 2 aliphatic heterocycles. The number of anilines is 1. The van der Waals surface area contributed by atoms with Gasteiger partial charge in [-0.15, -0.1) is 0 Å². The molecule has 2 aromatic rings. The third-order valence-electron chi connectivity index (χ3n) is 6.40. The van der Waals surface area contributed by atoms with E-state index in [4.69, 9.17) is 0 Å². The highest BCUT2D eigenvalue weighted by molar-refractivity contribution is 5.64. The minimum atomic E-state index is -4.50. The summed E-state index contributed by atoms with van der Waals surface area (Å²) < 4.78 is 41.4. The van der Waals surface area contributed by atoms with Crippen LogP contribution >= 0.6 is 0 Å². The molecule has 0 radical (unpaired) electrons. The topological polar surface area (TPSA) is 65.1 Å². The van der Waals surface area contributed by atoms with Gasteiger partial charge in [0.15, 0.2) is 5.82 Å². The molecule has 3 N–H and O–H groups in total. The molecule has 1 aromatic heterocycles. The Morgan fingerprint density at radius 1 is 1.12 bits per heavy atom. The first-order valence-corrected chi connectivity index (χ1v) is 11.6.